The monoisotopic (exact) mass is 322 g/mol. The maximum atomic E-state index is 5.85. The van der Waals surface area contributed by atoms with Gasteiger partial charge in [-0.15, -0.1) is 0 Å². The lowest BCUT2D eigenvalue weighted by atomic mass is 10.1. The minimum Gasteiger partial charge on any atom is -0.454 e. The average Bonchev–Trinajstić information content (AvgIpc) is 3.07. The first-order valence-electron chi connectivity index (χ1n) is 8.19. The van der Waals surface area contributed by atoms with Crippen molar-refractivity contribution in [1.82, 2.24) is 9.97 Å². The van der Waals surface area contributed by atoms with E-state index in [-0.39, 0.29) is 0 Å². The second-order valence-electron chi connectivity index (χ2n) is 5.94. The number of hydrogen-bond acceptors (Lipinski definition) is 3. The Morgan fingerprint density at radius 2 is 1.40 bits per heavy atom. The Bertz CT molecular complexity index is 1190. The van der Waals surface area contributed by atoms with E-state index in [1.165, 1.54) is 0 Å². The van der Waals surface area contributed by atoms with Crippen molar-refractivity contribution in [3.63, 3.8) is 0 Å². The van der Waals surface area contributed by atoms with Crippen molar-refractivity contribution in [2.45, 2.75) is 0 Å². The molecule has 118 valence electrons. The molecule has 2 aromatic carbocycles. The van der Waals surface area contributed by atoms with E-state index in [9.17, 15) is 0 Å². The maximum Gasteiger partial charge on any atom is 0.153 e. The molecule has 3 nitrogen and oxygen atoms in total. The number of pyridine rings is 2. The SMILES string of the molecule is c1ccc(-c2cccc(-c3cc4c(cn3)oc3ccccc34)n2)cc1. The van der Waals surface area contributed by atoms with Gasteiger partial charge in [0.25, 0.3) is 0 Å². The van der Waals surface area contributed by atoms with Crippen LogP contribution in [0.1, 0.15) is 0 Å². The van der Waals surface area contributed by atoms with E-state index in [1.54, 1.807) is 6.20 Å². The van der Waals surface area contributed by atoms with E-state index in [0.717, 1.165) is 44.6 Å². The first-order valence-corrected chi connectivity index (χ1v) is 8.19. The number of para-hydroxylation sites is 1. The summed E-state index contributed by atoms with van der Waals surface area (Å²) in [5, 5.41) is 2.16. The third-order valence-electron chi connectivity index (χ3n) is 4.35. The van der Waals surface area contributed by atoms with Gasteiger partial charge in [-0.3, -0.25) is 4.98 Å². The van der Waals surface area contributed by atoms with Crippen LogP contribution in [0.4, 0.5) is 0 Å². The molecule has 0 N–H and O–H groups in total. The van der Waals surface area contributed by atoms with Gasteiger partial charge >= 0.3 is 0 Å². The van der Waals surface area contributed by atoms with Crippen molar-refractivity contribution in [2.75, 3.05) is 0 Å². The summed E-state index contributed by atoms with van der Waals surface area (Å²) in [6, 6.07) is 26.3. The lowest BCUT2D eigenvalue weighted by molar-refractivity contribution is 0.667. The van der Waals surface area contributed by atoms with Gasteiger partial charge in [-0.05, 0) is 24.3 Å². The molecule has 0 radical (unpaired) electrons. The largest absolute Gasteiger partial charge is 0.454 e. The van der Waals surface area contributed by atoms with Crippen LogP contribution in [0.3, 0.4) is 0 Å². The first kappa shape index (κ1) is 13.9. The molecular weight excluding hydrogens is 308 g/mol. The summed E-state index contributed by atoms with van der Waals surface area (Å²) in [6.07, 6.45) is 1.78. The Labute approximate surface area is 144 Å². The van der Waals surface area contributed by atoms with Crippen LogP contribution in [0.2, 0.25) is 0 Å². The summed E-state index contributed by atoms with van der Waals surface area (Å²) in [5.41, 5.74) is 5.41. The topological polar surface area (TPSA) is 38.9 Å². The summed E-state index contributed by atoms with van der Waals surface area (Å²) in [5.74, 6) is 0. The van der Waals surface area contributed by atoms with Crippen LogP contribution in [-0.2, 0) is 0 Å². The summed E-state index contributed by atoms with van der Waals surface area (Å²) in [4.78, 5) is 9.34. The Hall–Kier alpha value is -3.46. The highest BCUT2D eigenvalue weighted by molar-refractivity contribution is 6.05. The maximum absolute atomic E-state index is 5.85. The van der Waals surface area contributed by atoms with Gasteiger partial charge in [0.1, 0.15) is 5.58 Å². The van der Waals surface area contributed by atoms with Crippen molar-refractivity contribution in [1.29, 1.82) is 0 Å². The zero-order valence-electron chi connectivity index (χ0n) is 13.4. The Morgan fingerprint density at radius 1 is 0.600 bits per heavy atom. The van der Waals surface area contributed by atoms with Crippen LogP contribution >= 0.6 is 0 Å². The standard InChI is InChI=1S/C22H14N2O/c1-2-7-15(8-3-1)18-10-6-11-19(24-18)20-13-17-16-9-4-5-12-21(16)25-22(17)14-23-20/h1-14H. The average molecular weight is 322 g/mol. The van der Waals surface area contributed by atoms with Gasteiger partial charge in [0.05, 0.1) is 23.3 Å². The van der Waals surface area contributed by atoms with Crippen molar-refractivity contribution in [3.8, 4) is 22.6 Å². The quantitative estimate of drug-likeness (QED) is 0.418. The molecule has 0 saturated carbocycles. The molecule has 0 spiro atoms. The highest BCUT2D eigenvalue weighted by Gasteiger charge is 2.10. The summed E-state index contributed by atoms with van der Waals surface area (Å²) in [6.45, 7) is 0. The van der Waals surface area contributed by atoms with Gasteiger partial charge < -0.3 is 4.42 Å². The number of aromatic nitrogens is 2. The number of hydrogen-bond donors (Lipinski definition) is 0. The summed E-state index contributed by atoms with van der Waals surface area (Å²) in [7, 11) is 0. The molecule has 0 atom stereocenters. The number of nitrogens with zero attached hydrogens (tertiary/aromatic N) is 2. The smallest absolute Gasteiger partial charge is 0.153 e. The highest BCUT2D eigenvalue weighted by atomic mass is 16.3. The Morgan fingerprint density at radius 3 is 2.32 bits per heavy atom. The van der Waals surface area contributed by atoms with Gasteiger partial charge in [0.15, 0.2) is 5.58 Å². The predicted molar refractivity (Wildman–Crippen MR) is 100 cm³/mol. The van der Waals surface area contributed by atoms with Crippen LogP contribution in [0, 0.1) is 0 Å². The molecule has 0 bridgehead atoms. The fraction of sp³-hybridized carbons (Fsp3) is 0. The number of rotatable bonds is 2. The molecule has 3 heterocycles. The lowest BCUT2D eigenvalue weighted by Gasteiger charge is -2.04. The molecule has 3 aromatic heterocycles. The summed E-state index contributed by atoms with van der Waals surface area (Å²) >= 11 is 0. The molecule has 0 saturated heterocycles. The molecule has 0 fully saturated rings. The highest BCUT2D eigenvalue weighted by Crippen LogP contribution is 2.30. The van der Waals surface area contributed by atoms with Crippen LogP contribution < -0.4 is 0 Å². The lowest BCUT2D eigenvalue weighted by Crippen LogP contribution is -1.89. The van der Waals surface area contributed by atoms with E-state index in [0.29, 0.717) is 0 Å². The van der Waals surface area contributed by atoms with Crippen LogP contribution in [-0.4, -0.2) is 9.97 Å². The van der Waals surface area contributed by atoms with Crippen LogP contribution in [0.15, 0.2) is 89.5 Å². The van der Waals surface area contributed by atoms with E-state index < -0.39 is 0 Å². The molecular formula is C22H14N2O. The molecule has 0 aliphatic heterocycles. The van der Waals surface area contributed by atoms with Crippen molar-refractivity contribution in [2.24, 2.45) is 0 Å². The molecule has 0 aliphatic carbocycles. The zero-order valence-corrected chi connectivity index (χ0v) is 13.4. The third-order valence-corrected chi connectivity index (χ3v) is 4.35. The van der Waals surface area contributed by atoms with Gasteiger partial charge in [-0.1, -0.05) is 54.6 Å². The number of benzene rings is 2. The van der Waals surface area contributed by atoms with Crippen molar-refractivity contribution >= 4 is 21.9 Å². The number of furan rings is 1. The van der Waals surface area contributed by atoms with Crippen molar-refractivity contribution in [3.05, 3.63) is 85.1 Å². The third kappa shape index (κ3) is 2.37. The van der Waals surface area contributed by atoms with Gasteiger partial charge in [-0.2, -0.15) is 0 Å². The Kier molecular flexibility index (Phi) is 3.10. The predicted octanol–water partition coefficient (Wildman–Crippen LogP) is 5.71. The molecule has 3 heteroatoms. The molecule has 25 heavy (non-hydrogen) atoms. The Balaban J connectivity index is 1.67. The second-order valence-corrected chi connectivity index (χ2v) is 5.94. The molecule has 0 amide bonds. The molecule has 5 rings (SSSR count). The van der Waals surface area contributed by atoms with E-state index >= 15 is 0 Å². The van der Waals surface area contributed by atoms with E-state index in [1.807, 2.05) is 54.6 Å². The normalized spacial score (nSPS) is 11.2. The minimum atomic E-state index is 0.796. The second kappa shape index (κ2) is 5.56. The fourth-order valence-corrected chi connectivity index (χ4v) is 3.12. The molecule has 5 aromatic rings. The van der Waals surface area contributed by atoms with Crippen LogP contribution in [0.25, 0.3) is 44.6 Å². The minimum absolute atomic E-state index is 0.796. The molecule has 0 aliphatic rings. The van der Waals surface area contributed by atoms with Crippen molar-refractivity contribution < 1.29 is 4.42 Å². The zero-order chi connectivity index (χ0) is 16.6. The van der Waals surface area contributed by atoms with Gasteiger partial charge in [0.2, 0.25) is 0 Å². The van der Waals surface area contributed by atoms with Crippen LogP contribution in [0.5, 0.6) is 0 Å². The van der Waals surface area contributed by atoms with E-state index in [4.69, 9.17) is 9.40 Å². The van der Waals surface area contributed by atoms with Gasteiger partial charge in [0, 0.05) is 16.3 Å². The first-order chi connectivity index (χ1) is 12.4. The number of fused-ring (bicyclic) bond motifs is 3. The van der Waals surface area contributed by atoms with E-state index in [2.05, 4.69) is 29.2 Å². The summed E-state index contributed by atoms with van der Waals surface area (Å²) < 4.78 is 5.85. The van der Waals surface area contributed by atoms with Gasteiger partial charge in [-0.25, -0.2) is 4.98 Å². The molecule has 0 unspecified atom stereocenters. The fourth-order valence-electron chi connectivity index (χ4n) is 3.12.